The summed E-state index contributed by atoms with van der Waals surface area (Å²) in [7, 11) is 4.83. The smallest absolute Gasteiger partial charge is 0.255 e. The lowest BCUT2D eigenvalue weighted by Gasteiger charge is -2.38. The van der Waals surface area contributed by atoms with Gasteiger partial charge in [0.2, 0.25) is 5.95 Å². The van der Waals surface area contributed by atoms with Gasteiger partial charge < -0.3 is 49.7 Å². The number of aromatic nitrogens is 2. The molecule has 2 fully saturated rings. The summed E-state index contributed by atoms with van der Waals surface area (Å²) in [5, 5.41) is 7.06. The summed E-state index contributed by atoms with van der Waals surface area (Å²) in [4.78, 5) is 22.6. The van der Waals surface area contributed by atoms with Gasteiger partial charge in [-0.25, -0.2) is 13.8 Å². The van der Waals surface area contributed by atoms with Gasteiger partial charge in [-0.2, -0.15) is 0 Å². The van der Waals surface area contributed by atoms with Crippen LogP contribution in [0.25, 0.3) is 11.0 Å². The average molecular weight is 925 g/mol. The second kappa shape index (κ2) is 23.5. The van der Waals surface area contributed by atoms with Gasteiger partial charge in [-0.1, -0.05) is 48.0 Å². The first-order chi connectivity index (χ1) is 32.1. The van der Waals surface area contributed by atoms with E-state index in [0.717, 1.165) is 93.1 Å². The van der Waals surface area contributed by atoms with E-state index in [1.54, 1.807) is 32.4 Å². The van der Waals surface area contributed by atoms with Crippen LogP contribution in [0.2, 0.25) is 5.02 Å². The van der Waals surface area contributed by atoms with Crippen molar-refractivity contribution in [1.29, 1.82) is 0 Å². The number of ether oxygens (including phenoxy) is 4. The number of carbonyl (C=O) groups excluding carboxylic acids is 1. The lowest BCUT2D eigenvalue weighted by atomic mass is 10.0. The molecule has 3 heterocycles. The van der Waals surface area contributed by atoms with Crippen LogP contribution in [0.1, 0.15) is 47.2 Å². The van der Waals surface area contributed by atoms with E-state index < -0.39 is 0 Å². The Bertz CT molecular complexity index is 2470. The van der Waals surface area contributed by atoms with E-state index in [4.69, 9.17) is 41.3 Å². The number of piperidine rings is 2. The zero-order chi connectivity index (χ0) is 46.4. The molecule has 6 aromatic rings. The minimum Gasteiger partial charge on any atom is -0.497 e. The predicted octanol–water partition coefficient (Wildman–Crippen LogP) is 8.71. The van der Waals surface area contributed by atoms with Crippen LogP contribution in [-0.2, 0) is 17.7 Å². The number of amides is 1. The van der Waals surface area contributed by atoms with Crippen LogP contribution in [0.3, 0.4) is 0 Å². The molecular weight excluding hydrogens is 864 g/mol. The Morgan fingerprint density at radius 3 is 2.17 bits per heavy atom. The summed E-state index contributed by atoms with van der Waals surface area (Å²) in [5.41, 5.74) is 11.0. The maximum absolute atomic E-state index is 13.4. The molecule has 5 aromatic carbocycles. The molecule has 1 amide bonds. The number of nitrogens with one attached hydrogen (secondary N) is 2. The number of likely N-dealkylation sites (tertiary alicyclic amines) is 2. The fraction of sp³-hybridized carbons (Fsp3) is 0.373. The van der Waals surface area contributed by atoms with Crippen molar-refractivity contribution < 1.29 is 32.5 Å². The first-order valence-electron chi connectivity index (χ1n) is 22.5. The summed E-state index contributed by atoms with van der Waals surface area (Å²) >= 11 is 6.09. The van der Waals surface area contributed by atoms with Crippen LogP contribution >= 0.6 is 11.6 Å². The monoisotopic (exact) mass is 923 g/mol. The Balaban J connectivity index is 0.000000197. The average Bonchev–Trinajstić information content (AvgIpc) is 3.68. The topological polar surface area (TPSA) is 128 Å². The summed E-state index contributed by atoms with van der Waals surface area (Å²) in [6.07, 6.45) is 4.64. The molecule has 0 aliphatic carbocycles. The number of hydrogen-bond donors (Lipinski definition) is 3. The molecule has 66 heavy (non-hydrogen) atoms. The molecule has 2 unspecified atom stereocenters. The highest BCUT2D eigenvalue weighted by atomic mass is 35.5. The Labute approximate surface area is 390 Å². The highest BCUT2D eigenvalue weighted by Gasteiger charge is 2.31. The molecule has 8 rings (SSSR count). The lowest BCUT2D eigenvalue weighted by Crippen LogP contribution is -2.55. The van der Waals surface area contributed by atoms with E-state index >= 15 is 0 Å². The molecular formula is C51H60ClF2N7O5. The van der Waals surface area contributed by atoms with E-state index in [1.807, 2.05) is 42.5 Å². The molecule has 2 saturated heterocycles. The van der Waals surface area contributed by atoms with Gasteiger partial charge in [0, 0.05) is 58.5 Å². The van der Waals surface area contributed by atoms with Crippen molar-refractivity contribution in [2.24, 2.45) is 0 Å². The third-order valence-corrected chi connectivity index (χ3v) is 12.6. The van der Waals surface area contributed by atoms with Gasteiger partial charge in [-0.05, 0) is 110 Å². The summed E-state index contributed by atoms with van der Waals surface area (Å²) in [5.74, 6) is 2.05. The van der Waals surface area contributed by atoms with Gasteiger partial charge >= 0.3 is 0 Å². The zero-order valence-electron chi connectivity index (χ0n) is 37.9. The number of nitrogen functional groups attached to an aromatic ring is 1. The van der Waals surface area contributed by atoms with Gasteiger partial charge in [-0.3, -0.25) is 4.79 Å². The number of imidazole rings is 1. The van der Waals surface area contributed by atoms with Gasteiger partial charge in [0.05, 0.1) is 66.8 Å². The normalized spacial score (nSPS) is 16.9. The second-order valence-corrected chi connectivity index (χ2v) is 17.1. The van der Waals surface area contributed by atoms with Gasteiger partial charge in [0.25, 0.3) is 5.91 Å². The maximum Gasteiger partial charge on any atom is 0.255 e. The lowest BCUT2D eigenvalue weighted by molar-refractivity contribution is 0.00527. The third kappa shape index (κ3) is 13.1. The molecule has 2 aliphatic rings. The summed E-state index contributed by atoms with van der Waals surface area (Å²) in [6, 6.07) is 32.6. The van der Waals surface area contributed by atoms with Crippen LogP contribution < -0.4 is 30.6 Å². The van der Waals surface area contributed by atoms with E-state index in [1.165, 1.54) is 43.0 Å². The van der Waals surface area contributed by atoms with Crippen LogP contribution in [-0.4, -0.2) is 111 Å². The van der Waals surface area contributed by atoms with Crippen molar-refractivity contribution in [3.05, 3.63) is 143 Å². The van der Waals surface area contributed by atoms with E-state index in [0.29, 0.717) is 53.5 Å². The Hall–Kier alpha value is -5.93. The minimum atomic E-state index is -0.282. The summed E-state index contributed by atoms with van der Waals surface area (Å²) < 4.78 is 50.4. The molecule has 0 spiro atoms. The second-order valence-electron chi connectivity index (χ2n) is 16.7. The van der Waals surface area contributed by atoms with Crippen LogP contribution in [0.5, 0.6) is 17.2 Å². The highest BCUT2D eigenvalue weighted by Crippen LogP contribution is 2.30. The van der Waals surface area contributed by atoms with Crippen LogP contribution in [0.4, 0.5) is 20.4 Å². The standard InChI is InChI=1S/C28H31FN4O.C23H29ClFN3O4/c1-34-25-12-8-21(9-13-25)14-17-32-18-15-24(16-19-32)30-28-31-26-4-2-3-5-27(26)33(28)20-22-6-10-23(29)11-7-22;1-30-21-13-19(26)18(24)12-17(21)23(29)27-20-8-10-28(14-22(20)31-2)9-3-11-32-16-6-4-15(25)5-7-16/h2-13,24H,14-20H2,1H3,(H,30,31);4-7,12-13,20,22H,3,8-11,14,26H2,1-2H3,(H,27,29). The SMILES string of the molecule is COc1cc(N)c(Cl)cc1C(=O)NC1CCN(CCCOc2ccc(F)cc2)CC1OC.COc1ccc(CCN2CCC(Nc3nc4ccccc4n3Cc3ccc(F)cc3)CC2)cc1. The van der Waals surface area contributed by atoms with Crippen molar-refractivity contribution in [2.45, 2.75) is 56.8 Å². The number of carbonyl (C=O) groups is 1. The van der Waals surface area contributed by atoms with Crippen LogP contribution in [0.15, 0.2) is 109 Å². The fourth-order valence-electron chi connectivity index (χ4n) is 8.44. The van der Waals surface area contributed by atoms with Crippen molar-refractivity contribution in [1.82, 2.24) is 24.7 Å². The number of para-hydroxylation sites is 2. The number of nitrogens with two attached hydrogens (primary N) is 1. The highest BCUT2D eigenvalue weighted by molar-refractivity contribution is 6.33. The number of nitrogens with zero attached hydrogens (tertiary/aromatic N) is 4. The molecule has 2 aliphatic heterocycles. The predicted molar refractivity (Wildman–Crippen MR) is 257 cm³/mol. The number of anilines is 2. The Morgan fingerprint density at radius 2 is 1.47 bits per heavy atom. The zero-order valence-corrected chi connectivity index (χ0v) is 38.6. The molecule has 0 bridgehead atoms. The first-order valence-corrected chi connectivity index (χ1v) is 22.9. The number of benzene rings is 5. The Morgan fingerprint density at radius 1 is 0.803 bits per heavy atom. The third-order valence-electron chi connectivity index (χ3n) is 12.2. The molecule has 1 aromatic heterocycles. The van der Waals surface area contributed by atoms with Crippen molar-refractivity contribution in [2.75, 3.05) is 78.3 Å². The van der Waals surface area contributed by atoms with Gasteiger partial charge in [-0.15, -0.1) is 0 Å². The van der Waals surface area contributed by atoms with E-state index in [9.17, 15) is 13.6 Å². The minimum absolute atomic E-state index is 0.139. The summed E-state index contributed by atoms with van der Waals surface area (Å²) in [6.45, 7) is 6.77. The van der Waals surface area contributed by atoms with Crippen molar-refractivity contribution >= 4 is 40.2 Å². The first kappa shape index (κ1) is 48.0. The van der Waals surface area contributed by atoms with Crippen molar-refractivity contribution in [3.63, 3.8) is 0 Å². The van der Waals surface area contributed by atoms with Crippen molar-refractivity contribution in [3.8, 4) is 17.2 Å². The number of rotatable bonds is 17. The molecule has 15 heteroatoms. The van der Waals surface area contributed by atoms with E-state index in [-0.39, 0.29) is 29.7 Å². The molecule has 0 radical (unpaired) electrons. The fourth-order valence-corrected chi connectivity index (χ4v) is 8.60. The van der Waals surface area contributed by atoms with Gasteiger partial charge in [0.15, 0.2) is 0 Å². The number of methoxy groups -OCH3 is 3. The number of hydrogen-bond acceptors (Lipinski definition) is 10. The number of fused-ring (bicyclic) bond motifs is 1. The quantitative estimate of drug-likeness (QED) is 0.0604. The number of halogens is 3. The molecule has 12 nitrogen and oxygen atoms in total. The van der Waals surface area contributed by atoms with Crippen LogP contribution in [0, 0.1) is 11.6 Å². The Kier molecular flexibility index (Phi) is 17.1. The molecule has 2 atom stereocenters. The largest absolute Gasteiger partial charge is 0.497 e. The van der Waals surface area contributed by atoms with Gasteiger partial charge in [0.1, 0.15) is 28.9 Å². The molecule has 350 valence electrons. The molecule has 4 N–H and O–H groups in total. The maximum atomic E-state index is 13.4. The molecule has 0 saturated carbocycles. The van der Waals surface area contributed by atoms with E-state index in [2.05, 4.69) is 43.2 Å².